The molecule has 0 radical (unpaired) electrons. The number of fused-ring (bicyclic) bond motifs is 1. The van der Waals surface area contributed by atoms with Gasteiger partial charge in [0.2, 0.25) is 0 Å². The van der Waals surface area contributed by atoms with E-state index in [1.807, 2.05) is 74.5 Å². The number of aryl methyl sites for hydroxylation is 2. The van der Waals surface area contributed by atoms with Crippen LogP contribution in [0.2, 0.25) is 0 Å². The average molecular weight is 549 g/mol. The summed E-state index contributed by atoms with van der Waals surface area (Å²) in [6.07, 6.45) is 0. The lowest BCUT2D eigenvalue weighted by atomic mass is 10.1. The SMILES string of the molecule is Cc1ccc(N=Nc2ccc(N=Nc3ccc(N=Nc4ccccc4)c(C)c3)c3cc(S(=O)(=O)O)ccc23)cc1. The molecular formula is C30H24N6O3S. The first kappa shape index (κ1) is 26.7. The first-order valence-corrected chi connectivity index (χ1v) is 13.7. The summed E-state index contributed by atoms with van der Waals surface area (Å²) >= 11 is 0. The first-order chi connectivity index (χ1) is 19.3. The van der Waals surface area contributed by atoms with Crippen molar-refractivity contribution in [1.82, 2.24) is 0 Å². The van der Waals surface area contributed by atoms with Crippen LogP contribution in [-0.4, -0.2) is 13.0 Å². The molecule has 0 fully saturated rings. The van der Waals surface area contributed by atoms with Gasteiger partial charge in [0.15, 0.2) is 0 Å². The lowest BCUT2D eigenvalue weighted by molar-refractivity contribution is 0.483. The lowest BCUT2D eigenvalue weighted by Gasteiger charge is -2.07. The molecule has 1 N–H and O–H groups in total. The van der Waals surface area contributed by atoms with Crippen molar-refractivity contribution >= 4 is 55.0 Å². The number of hydrogen-bond donors (Lipinski definition) is 1. The predicted molar refractivity (Wildman–Crippen MR) is 155 cm³/mol. The molecule has 0 bridgehead atoms. The highest BCUT2D eigenvalue weighted by atomic mass is 32.2. The van der Waals surface area contributed by atoms with Crippen molar-refractivity contribution < 1.29 is 13.0 Å². The fourth-order valence-corrected chi connectivity index (χ4v) is 4.39. The van der Waals surface area contributed by atoms with E-state index >= 15 is 0 Å². The van der Waals surface area contributed by atoms with E-state index in [-0.39, 0.29) is 4.90 Å². The zero-order valence-corrected chi connectivity index (χ0v) is 22.5. The quantitative estimate of drug-likeness (QED) is 0.160. The third-order valence-electron chi connectivity index (χ3n) is 6.03. The predicted octanol–water partition coefficient (Wildman–Crippen LogP) is 9.95. The molecule has 0 amide bonds. The molecule has 9 nitrogen and oxygen atoms in total. The van der Waals surface area contributed by atoms with Gasteiger partial charge in [-0.05, 0) is 86.1 Å². The van der Waals surface area contributed by atoms with Gasteiger partial charge in [-0.25, -0.2) is 0 Å². The Morgan fingerprint density at radius 3 is 1.73 bits per heavy atom. The third kappa shape index (κ3) is 6.37. The molecule has 0 spiro atoms. The maximum Gasteiger partial charge on any atom is 0.294 e. The first-order valence-electron chi connectivity index (χ1n) is 12.3. The number of rotatable bonds is 7. The second-order valence-electron chi connectivity index (χ2n) is 9.03. The minimum Gasteiger partial charge on any atom is -0.282 e. The van der Waals surface area contributed by atoms with Crippen LogP contribution in [0.5, 0.6) is 0 Å². The molecule has 0 saturated heterocycles. The molecule has 0 aliphatic carbocycles. The minimum absolute atomic E-state index is 0.256. The summed E-state index contributed by atoms with van der Waals surface area (Å²) in [6.45, 7) is 3.89. The van der Waals surface area contributed by atoms with E-state index in [1.54, 1.807) is 30.3 Å². The molecule has 0 aliphatic heterocycles. The summed E-state index contributed by atoms with van der Waals surface area (Å²) in [5, 5.41) is 27.0. The Labute approximate surface area is 231 Å². The summed E-state index contributed by atoms with van der Waals surface area (Å²) in [5.41, 5.74) is 5.61. The average Bonchev–Trinajstić information content (AvgIpc) is 2.95. The van der Waals surface area contributed by atoms with Gasteiger partial charge in [-0.2, -0.15) is 28.9 Å². The van der Waals surface area contributed by atoms with Crippen molar-refractivity contribution in [2.24, 2.45) is 30.7 Å². The Hall–Kier alpha value is -4.93. The Balaban J connectivity index is 1.48. The molecule has 0 atom stereocenters. The van der Waals surface area contributed by atoms with Crippen LogP contribution in [0.25, 0.3) is 10.8 Å². The zero-order valence-electron chi connectivity index (χ0n) is 21.7. The maximum absolute atomic E-state index is 11.8. The highest BCUT2D eigenvalue weighted by molar-refractivity contribution is 7.85. The Morgan fingerprint density at radius 1 is 0.525 bits per heavy atom. The van der Waals surface area contributed by atoms with Gasteiger partial charge in [-0.15, -0.1) is 10.2 Å². The fourth-order valence-electron chi connectivity index (χ4n) is 3.89. The summed E-state index contributed by atoms with van der Waals surface area (Å²) < 4.78 is 33.3. The topological polar surface area (TPSA) is 129 Å². The minimum atomic E-state index is -4.43. The van der Waals surface area contributed by atoms with E-state index < -0.39 is 10.1 Å². The van der Waals surface area contributed by atoms with Gasteiger partial charge in [0.05, 0.1) is 39.0 Å². The Bertz CT molecular complexity index is 1890. The lowest BCUT2D eigenvalue weighted by Crippen LogP contribution is -1.97. The fraction of sp³-hybridized carbons (Fsp3) is 0.0667. The molecule has 5 aromatic carbocycles. The largest absolute Gasteiger partial charge is 0.294 e. The van der Waals surface area contributed by atoms with Crippen LogP contribution >= 0.6 is 0 Å². The number of hydrogen-bond acceptors (Lipinski definition) is 8. The van der Waals surface area contributed by atoms with E-state index in [0.29, 0.717) is 39.2 Å². The van der Waals surface area contributed by atoms with Gasteiger partial charge in [0, 0.05) is 10.8 Å². The van der Waals surface area contributed by atoms with Crippen LogP contribution in [0.15, 0.2) is 139 Å². The molecule has 198 valence electrons. The second kappa shape index (κ2) is 11.4. The molecule has 5 aromatic rings. The van der Waals surface area contributed by atoms with E-state index in [4.69, 9.17) is 0 Å². The van der Waals surface area contributed by atoms with E-state index in [2.05, 4.69) is 30.7 Å². The van der Waals surface area contributed by atoms with E-state index in [1.165, 1.54) is 12.1 Å². The molecular weight excluding hydrogens is 524 g/mol. The number of azo groups is 3. The van der Waals surface area contributed by atoms with Gasteiger partial charge in [0.1, 0.15) is 0 Å². The third-order valence-corrected chi connectivity index (χ3v) is 6.88. The highest BCUT2D eigenvalue weighted by Gasteiger charge is 2.14. The van der Waals surface area contributed by atoms with Gasteiger partial charge in [0.25, 0.3) is 10.1 Å². The van der Waals surface area contributed by atoms with Gasteiger partial charge < -0.3 is 0 Å². The van der Waals surface area contributed by atoms with Crippen LogP contribution in [0.1, 0.15) is 11.1 Å². The van der Waals surface area contributed by atoms with Crippen molar-refractivity contribution in [1.29, 1.82) is 0 Å². The van der Waals surface area contributed by atoms with Crippen LogP contribution < -0.4 is 0 Å². The smallest absolute Gasteiger partial charge is 0.282 e. The van der Waals surface area contributed by atoms with Crippen molar-refractivity contribution in [3.63, 3.8) is 0 Å². The number of benzene rings is 5. The summed E-state index contributed by atoms with van der Waals surface area (Å²) in [4.78, 5) is -0.256. The summed E-state index contributed by atoms with van der Waals surface area (Å²) in [7, 11) is -4.43. The van der Waals surface area contributed by atoms with Crippen molar-refractivity contribution in [2.75, 3.05) is 0 Å². The molecule has 10 heteroatoms. The molecule has 0 unspecified atom stereocenters. The molecule has 0 saturated carbocycles. The van der Waals surface area contributed by atoms with E-state index in [0.717, 1.165) is 16.8 Å². The Morgan fingerprint density at radius 2 is 1.07 bits per heavy atom. The molecule has 0 aromatic heterocycles. The highest BCUT2D eigenvalue weighted by Crippen LogP contribution is 2.37. The van der Waals surface area contributed by atoms with Crippen molar-refractivity contribution in [3.8, 4) is 0 Å². The van der Waals surface area contributed by atoms with Crippen LogP contribution in [0, 0.1) is 13.8 Å². The Kier molecular flexibility index (Phi) is 7.63. The monoisotopic (exact) mass is 548 g/mol. The van der Waals surface area contributed by atoms with Crippen molar-refractivity contribution in [3.05, 3.63) is 114 Å². The van der Waals surface area contributed by atoms with E-state index in [9.17, 15) is 13.0 Å². The van der Waals surface area contributed by atoms with Crippen LogP contribution in [0.4, 0.5) is 34.1 Å². The van der Waals surface area contributed by atoms with Gasteiger partial charge >= 0.3 is 0 Å². The van der Waals surface area contributed by atoms with Gasteiger partial charge in [-0.3, -0.25) is 4.55 Å². The zero-order chi connectivity index (χ0) is 28.1. The molecule has 0 aliphatic rings. The van der Waals surface area contributed by atoms with Crippen molar-refractivity contribution in [2.45, 2.75) is 18.7 Å². The standard InChI is InChI=1S/C30H24N6O3S/c1-20-8-10-23(11-9-20)32-35-29-16-17-30(27-19-25(40(37,38)39)13-14-26(27)29)36-33-24-12-15-28(21(2)18-24)34-31-22-6-4-3-5-7-22/h3-19H,1-2H3,(H,37,38,39). The van der Waals surface area contributed by atoms with Crippen LogP contribution in [-0.2, 0) is 10.1 Å². The maximum atomic E-state index is 11.8. The summed E-state index contributed by atoms with van der Waals surface area (Å²) in [6, 6.07) is 30.1. The van der Waals surface area contributed by atoms with Gasteiger partial charge in [-0.1, -0.05) is 42.0 Å². The van der Waals surface area contributed by atoms with Crippen LogP contribution in [0.3, 0.4) is 0 Å². The molecule has 40 heavy (non-hydrogen) atoms. The molecule has 0 heterocycles. The second-order valence-corrected chi connectivity index (χ2v) is 10.4. The number of nitrogens with zero attached hydrogens (tertiary/aromatic N) is 6. The molecule has 5 rings (SSSR count). The normalized spacial score (nSPS) is 12.3. The summed E-state index contributed by atoms with van der Waals surface area (Å²) in [5.74, 6) is 0.